The van der Waals surface area contributed by atoms with E-state index in [2.05, 4.69) is 22.3 Å². The molecule has 0 aromatic heterocycles. The molecular weight excluding hydrogens is 409 g/mol. The van der Waals surface area contributed by atoms with Gasteiger partial charge in [-0.05, 0) is 49.4 Å². The molecule has 3 N–H and O–H groups in total. The van der Waals surface area contributed by atoms with Crippen molar-refractivity contribution in [1.29, 1.82) is 0 Å². The Hall–Kier alpha value is -1.95. The first kappa shape index (κ1) is 20.3. The normalized spacial score (nSPS) is 23.8. The highest BCUT2D eigenvalue weighted by Gasteiger charge is 2.42. The van der Waals surface area contributed by atoms with Gasteiger partial charge >= 0.3 is 0 Å². The molecule has 2 aliphatic heterocycles. The number of piperidine rings is 1. The van der Waals surface area contributed by atoms with Crippen LogP contribution in [0, 0.1) is 5.92 Å². The molecule has 2 heterocycles. The highest BCUT2D eigenvalue weighted by Crippen LogP contribution is 2.41. The fourth-order valence-electron chi connectivity index (χ4n) is 4.62. The number of nitrogens with zero attached hydrogens (tertiary/aromatic N) is 1. The van der Waals surface area contributed by atoms with Crippen LogP contribution in [-0.2, 0) is 11.3 Å². The van der Waals surface area contributed by atoms with Crippen LogP contribution in [0.3, 0.4) is 0 Å². The van der Waals surface area contributed by atoms with Gasteiger partial charge in [0.05, 0.1) is 23.5 Å². The van der Waals surface area contributed by atoms with Crippen molar-refractivity contribution >= 4 is 40.5 Å². The lowest BCUT2D eigenvalue weighted by molar-refractivity contribution is -0.122. The Balaban J connectivity index is 1.43. The monoisotopic (exact) mass is 433 g/mol. The number of anilines is 2. The van der Waals surface area contributed by atoms with Gasteiger partial charge in [-0.1, -0.05) is 35.3 Å². The third-order valence-electron chi connectivity index (χ3n) is 6.11. The zero-order valence-electron chi connectivity index (χ0n) is 16.3. The SMILES string of the molecule is COc1cc(N)c(Cl)cc1NC(=O)C1CC2CCC(C1)N2Cc1ccc(Cl)cc1. The van der Waals surface area contributed by atoms with Crippen molar-refractivity contribution in [2.45, 2.75) is 44.3 Å². The average Bonchev–Trinajstić information content (AvgIpc) is 2.93. The third-order valence-corrected chi connectivity index (χ3v) is 6.69. The van der Waals surface area contributed by atoms with E-state index in [1.807, 2.05) is 12.1 Å². The molecule has 1 amide bonds. The van der Waals surface area contributed by atoms with Crippen molar-refractivity contribution in [3.8, 4) is 5.75 Å². The van der Waals surface area contributed by atoms with Gasteiger partial charge in [-0.2, -0.15) is 0 Å². The van der Waals surface area contributed by atoms with Crippen molar-refractivity contribution in [3.63, 3.8) is 0 Å². The largest absolute Gasteiger partial charge is 0.494 e. The first-order valence-corrected chi connectivity index (χ1v) is 10.6. The summed E-state index contributed by atoms with van der Waals surface area (Å²) in [7, 11) is 1.55. The lowest BCUT2D eigenvalue weighted by Gasteiger charge is -2.38. The highest BCUT2D eigenvalue weighted by molar-refractivity contribution is 6.33. The molecule has 2 saturated heterocycles. The number of hydrogen-bond acceptors (Lipinski definition) is 4. The summed E-state index contributed by atoms with van der Waals surface area (Å²) in [6.45, 7) is 0.905. The molecule has 0 saturated carbocycles. The number of methoxy groups -OCH3 is 1. The van der Waals surface area contributed by atoms with E-state index in [1.165, 1.54) is 5.56 Å². The number of nitrogen functional groups attached to an aromatic ring is 1. The van der Waals surface area contributed by atoms with E-state index in [0.717, 1.165) is 37.3 Å². The van der Waals surface area contributed by atoms with Gasteiger partial charge in [-0.25, -0.2) is 0 Å². The Labute approximate surface area is 181 Å². The Kier molecular flexibility index (Phi) is 5.91. The van der Waals surface area contributed by atoms with Crippen molar-refractivity contribution < 1.29 is 9.53 Å². The van der Waals surface area contributed by atoms with E-state index in [-0.39, 0.29) is 11.8 Å². The number of carbonyl (C=O) groups is 1. The van der Waals surface area contributed by atoms with Crippen LogP contribution >= 0.6 is 23.2 Å². The maximum absolute atomic E-state index is 13.0. The molecule has 29 heavy (non-hydrogen) atoms. The number of carbonyl (C=O) groups excluding carboxylic acids is 1. The molecular formula is C22H25Cl2N3O2. The molecule has 154 valence electrons. The van der Waals surface area contributed by atoms with Crippen molar-refractivity contribution in [1.82, 2.24) is 4.90 Å². The van der Waals surface area contributed by atoms with Gasteiger partial charge in [0.1, 0.15) is 5.75 Å². The molecule has 2 bridgehead atoms. The third kappa shape index (κ3) is 4.32. The second-order valence-electron chi connectivity index (χ2n) is 7.92. The van der Waals surface area contributed by atoms with Gasteiger partial charge in [-0.3, -0.25) is 9.69 Å². The molecule has 2 aromatic rings. The molecule has 2 atom stereocenters. The van der Waals surface area contributed by atoms with Gasteiger partial charge in [0.2, 0.25) is 5.91 Å². The number of ether oxygens (including phenoxy) is 1. The van der Waals surface area contributed by atoms with Crippen LogP contribution in [0.15, 0.2) is 36.4 Å². The summed E-state index contributed by atoms with van der Waals surface area (Å²) in [5.74, 6) is 0.519. The predicted octanol–water partition coefficient (Wildman–Crippen LogP) is 4.97. The number of rotatable bonds is 5. The molecule has 2 aromatic carbocycles. The zero-order chi connectivity index (χ0) is 20.5. The van der Waals surface area contributed by atoms with Gasteiger partial charge < -0.3 is 15.8 Å². The molecule has 5 nitrogen and oxygen atoms in total. The summed E-state index contributed by atoms with van der Waals surface area (Å²) < 4.78 is 5.34. The van der Waals surface area contributed by atoms with Crippen LogP contribution < -0.4 is 15.8 Å². The quantitative estimate of drug-likeness (QED) is 0.653. The molecule has 0 spiro atoms. The fraction of sp³-hybridized carbons (Fsp3) is 0.409. The smallest absolute Gasteiger partial charge is 0.227 e. The van der Waals surface area contributed by atoms with Crippen molar-refractivity contribution in [2.24, 2.45) is 5.92 Å². The number of nitrogens with one attached hydrogen (secondary N) is 1. The summed E-state index contributed by atoms with van der Waals surface area (Å²) >= 11 is 12.1. The Bertz CT molecular complexity index is 890. The second kappa shape index (κ2) is 8.42. The molecule has 2 unspecified atom stereocenters. The number of fused-ring (bicyclic) bond motifs is 2. The summed E-state index contributed by atoms with van der Waals surface area (Å²) in [6, 6.07) is 12.2. The van der Waals surface area contributed by atoms with Crippen molar-refractivity contribution in [2.75, 3.05) is 18.2 Å². The lowest BCUT2D eigenvalue weighted by Crippen LogP contribution is -2.45. The molecule has 4 rings (SSSR count). The summed E-state index contributed by atoms with van der Waals surface area (Å²) in [5.41, 5.74) is 8.08. The van der Waals surface area contributed by atoms with E-state index >= 15 is 0 Å². The van der Waals surface area contributed by atoms with Crippen LogP contribution in [0.2, 0.25) is 10.0 Å². The van der Waals surface area contributed by atoms with Crippen LogP contribution in [0.1, 0.15) is 31.2 Å². The Morgan fingerprint density at radius 1 is 1.17 bits per heavy atom. The number of halogens is 2. The minimum absolute atomic E-state index is 0.0185. The topological polar surface area (TPSA) is 67.6 Å². The van der Waals surface area contributed by atoms with Gasteiger partial charge in [0.25, 0.3) is 0 Å². The molecule has 0 aliphatic carbocycles. The Morgan fingerprint density at radius 3 is 2.45 bits per heavy atom. The van der Waals surface area contributed by atoms with E-state index < -0.39 is 0 Å². The molecule has 0 radical (unpaired) electrons. The van der Waals surface area contributed by atoms with Crippen LogP contribution in [0.5, 0.6) is 5.75 Å². The van der Waals surface area contributed by atoms with E-state index in [4.69, 9.17) is 33.7 Å². The predicted molar refractivity (Wildman–Crippen MR) is 118 cm³/mol. The number of nitrogens with two attached hydrogens (primary N) is 1. The van der Waals surface area contributed by atoms with E-state index in [9.17, 15) is 4.79 Å². The molecule has 2 aliphatic rings. The van der Waals surface area contributed by atoms with Gasteiger partial charge in [-0.15, -0.1) is 0 Å². The summed E-state index contributed by atoms with van der Waals surface area (Å²) in [5, 5.41) is 4.16. The van der Waals surface area contributed by atoms with Crippen molar-refractivity contribution in [3.05, 3.63) is 52.0 Å². The van der Waals surface area contributed by atoms with Crippen LogP contribution in [-0.4, -0.2) is 30.0 Å². The summed E-state index contributed by atoms with van der Waals surface area (Å²) in [6.07, 6.45) is 4.00. The number of amides is 1. The minimum atomic E-state index is -0.0185. The lowest BCUT2D eigenvalue weighted by atomic mass is 9.89. The maximum Gasteiger partial charge on any atom is 0.227 e. The fourth-order valence-corrected chi connectivity index (χ4v) is 4.91. The van der Waals surface area contributed by atoms with E-state index in [0.29, 0.717) is 34.2 Å². The maximum atomic E-state index is 13.0. The second-order valence-corrected chi connectivity index (χ2v) is 8.76. The highest BCUT2D eigenvalue weighted by atomic mass is 35.5. The molecule has 2 fully saturated rings. The first-order chi connectivity index (χ1) is 13.9. The standard InChI is InChI=1S/C22H25Cl2N3O2/c1-29-21-11-19(25)18(24)10-20(21)26-22(28)14-8-16-6-7-17(9-14)27(16)12-13-2-4-15(23)5-3-13/h2-5,10-11,14,16-17H,6-9,12,25H2,1H3,(H,26,28). The zero-order valence-corrected chi connectivity index (χ0v) is 17.8. The summed E-state index contributed by atoms with van der Waals surface area (Å²) in [4.78, 5) is 15.5. The Morgan fingerprint density at radius 2 is 1.83 bits per heavy atom. The number of benzene rings is 2. The average molecular weight is 434 g/mol. The van der Waals surface area contributed by atoms with Crippen LogP contribution in [0.25, 0.3) is 0 Å². The first-order valence-electron chi connectivity index (χ1n) is 9.88. The van der Waals surface area contributed by atoms with Gasteiger partial charge in [0, 0.05) is 35.6 Å². The molecule has 7 heteroatoms. The van der Waals surface area contributed by atoms with Gasteiger partial charge in [0.15, 0.2) is 0 Å². The number of hydrogen-bond donors (Lipinski definition) is 2. The van der Waals surface area contributed by atoms with E-state index in [1.54, 1.807) is 19.2 Å². The minimum Gasteiger partial charge on any atom is -0.494 e. The van der Waals surface area contributed by atoms with Crippen LogP contribution in [0.4, 0.5) is 11.4 Å².